The Morgan fingerprint density at radius 3 is 2.55 bits per heavy atom. The Morgan fingerprint density at radius 2 is 1.89 bits per heavy atom. The maximum absolute atomic E-state index is 13.4. The summed E-state index contributed by atoms with van der Waals surface area (Å²) in [5, 5.41) is 11.4. The van der Waals surface area contributed by atoms with Crippen LogP contribution < -0.4 is 0 Å². The summed E-state index contributed by atoms with van der Waals surface area (Å²) in [6.45, 7) is 5.69. The number of non-ortho nitro benzene ring substituents is 1. The van der Waals surface area contributed by atoms with Crippen molar-refractivity contribution in [3.63, 3.8) is 0 Å². The fourth-order valence-electron chi connectivity index (χ4n) is 5.10. The van der Waals surface area contributed by atoms with Crippen molar-refractivity contribution in [2.24, 2.45) is 10.9 Å². The average Bonchev–Trinajstić information content (AvgIpc) is 2.93. The minimum absolute atomic E-state index is 0.135. The molecule has 0 amide bonds. The third-order valence-corrected chi connectivity index (χ3v) is 7.02. The van der Waals surface area contributed by atoms with E-state index in [-0.39, 0.29) is 17.9 Å². The first kappa shape index (κ1) is 26.9. The first-order valence-electron chi connectivity index (χ1n) is 12.5. The van der Waals surface area contributed by atoms with Crippen LogP contribution in [0.15, 0.2) is 76.9 Å². The molecule has 9 nitrogen and oxygen atoms in total. The zero-order valence-corrected chi connectivity index (χ0v) is 21.8. The van der Waals surface area contributed by atoms with E-state index in [1.54, 1.807) is 19.9 Å². The number of hydrogen-bond acceptors (Lipinski definition) is 8. The first-order chi connectivity index (χ1) is 18.3. The number of carbonyl (C=O) groups excluding carboxylic acids is 2. The number of hydrogen-bond donors (Lipinski definition) is 0. The molecule has 0 radical (unpaired) electrons. The summed E-state index contributed by atoms with van der Waals surface area (Å²) in [6, 6.07) is 16.2. The highest BCUT2D eigenvalue weighted by Gasteiger charge is 2.42. The molecule has 2 aliphatic heterocycles. The van der Waals surface area contributed by atoms with Crippen molar-refractivity contribution >= 4 is 28.9 Å². The predicted molar refractivity (Wildman–Crippen MR) is 144 cm³/mol. The van der Waals surface area contributed by atoms with Gasteiger partial charge in [-0.1, -0.05) is 48.5 Å². The van der Waals surface area contributed by atoms with Crippen molar-refractivity contribution in [1.29, 1.82) is 0 Å². The molecule has 198 valence electrons. The Labute approximate surface area is 221 Å². The van der Waals surface area contributed by atoms with Gasteiger partial charge in [-0.15, -0.1) is 0 Å². The van der Waals surface area contributed by atoms with E-state index in [9.17, 15) is 19.7 Å². The number of allylic oxidation sites excluding steroid dienone is 1. The Balaban J connectivity index is 1.50. The normalized spacial score (nSPS) is 19.9. The number of nitrogens with zero attached hydrogens (tertiary/aromatic N) is 3. The van der Waals surface area contributed by atoms with Crippen molar-refractivity contribution in [1.82, 2.24) is 4.90 Å². The Bertz CT molecular complexity index is 1310. The van der Waals surface area contributed by atoms with E-state index < -0.39 is 28.7 Å². The standard InChI is InChI=1S/C29H31N3O6/c1-19-25(28(33)37-3)27(23-10-7-11-24(18-23)32(35)36)26(20(2)30-19)29(34)38-17-16-31-14-12-22(13-15-31)21-8-5-4-6-9-21/h4-12,18,25,27H,13-17H2,1-3H3. The lowest BCUT2D eigenvalue weighted by Gasteiger charge is -2.31. The maximum atomic E-state index is 13.4. The minimum atomic E-state index is -0.906. The van der Waals surface area contributed by atoms with Gasteiger partial charge in [-0.05, 0) is 37.0 Å². The molecule has 0 aliphatic carbocycles. The van der Waals surface area contributed by atoms with E-state index in [1.165, 1.54) is 36.4 Å². The molecule has 38 heavy (non-hydrogen) atoms. The lowest BCUT2D eigenvalue weighted by Crippen LogP contribution is -2.37. The molecular weight excluding hydrogens is 486 g/mol. The van der Waals surface area contributed by atoms with Crippen molar-refractivity contribution < 1.29 is 24.0 Å². The summed E-state index contributed by atoms with van der Waals surface area (Å²) < 4.78 is 10.7. The predicted octanol–water partition coefficient (Wildman–Crippen LogP) is 4.55. The number of aliphatic imine (C=N–C) groups is 1. The number of ether oxygens (including phenoxy) is 2. The second kappa shape index (κ2) is 12.0. The van der Waals surface area contributed by atoms with Crippen molar-refractivity contribution in [3.8, 4) is 0 Å². The molecule has 0 saturated heterocycles. The van der Waals surface area contributed by atoms with Crippen molar-refractivity contribution in [2.45, 2.75) is 26.2 Å². The summed E-state index contributed by atoms with van der Waals surface area (Å²) in [5.74, 6) is -2.90. The summed E-state index contributed by atoms with van der Waals surface area (Å²) in [4.78, 5) is 43.7. The van der Waals surface area contributed by atoms with Crippen LogP contribution in [-0.2, 0) is 19.1 Å². The fraction of sp³-hybridized carbons (Fsp3) is 0.345. The molecule has 0 aromatic heterocycles. The third-order valence-electron chi connectivity index (χ3n) is 7.02. The average molecular weight is 518 g/mol. The van der Waals surface area contributed by atoms with Gasteiger partial charge < -0.3 is 9.47 Å². The van der Waals surface area contributed by atoms with Crippen LogP contribution in [-0.4, -0.2) is 60.8 Å². The molecule has 2 heterocycles. The summed E-state index contributed by atoms with van der Waals surface area (Å²) in [6.07, 6.45) is 3.11. The molecule has 0 bridgehead atoms. The van der Waals surface area contributed by atoms with E-state index in [1.807, 2.05) is 18.2 Å². The van der Waals surface area contributed by atoms with E-state index in [2.05, 4.69) is 28.1 Å². The number of benzene rings is 2. The van der Waals surface area contributed by atoms with Gasteiger partial charge in [0.2, 0.25) is 0 Å². The highest BCUT2D eigenvalue weighted by atomic mass is 16.6. The van der Waals surface area contributed by atoms with Gasteiger partial charge in [0.05, 0.1) is 17.6 Å². The van der Waals surface area contributed by atoms with E-state index in [0.717, 1.165) is 19.5 Å². The first-order valence-corrected chi connectivity index (χ1v) is 12.5. The quantitative estimate of drug-likeness (QED) is 0.287. The Kier molecular flexibility index (Phi) is 8.48. The Morgan fingerprint density at radius 1 is 1.13 bits per heavy atom. The number of nitro groups is 1. The topological polar surface area (TPSA) is 111 Å². The smallest absolute Gasteiger partial charge is 0.336 e. The zero-order chi connectivity index (χ0) is 27.2. The molecule has 9 heteroatoms. The largest absolute Gasteiger partial charge is 0.468 e. The zero-order valence-electron chi connectivity index (χ0n) is 21.8. The van der Waals surface area contributed by atoms with Gasteiger partial charge in [-0.25, -0.2) is 4.79 Å². The maximum Gasteiger partial charge on any atom is 0.336 e. The van der Waals surface area contributed by atoms with Gasteiger partial charge in [-0.3, -0.25) is 24.8 Å². The molecule has 2 aromatic carbocycles. The number of nitro benzene ring substituents is 1. The third kappa shape index (κ3) is 5.89. The molecular formula is C29H31N3O6. The van der Waals surface area contributed by atoms with E-state index >= 15 is 0 Å². The number of rotatable bonds is 8. The minimum Gasteiger partial charge on any atom is -0.468 e. The van der Waals surface area contributed by atoms with Crippen LogP contribution in [0.3, 0.4) is 0 Å². The van der Waals surface area contributed by atoms with Gasteiger partial charge in [0.15, 0.2) is 0 Å². The second-order valence-electron chi connectivity index (χ2n) is 9.36. The monoisotopic (exact) mass is 517 g/mol. The van der Waals surface area contributed by atoms with Crippen LogP contribution in [0.1, 0.15) is 37.3 Å². The van der Waals surface area contributed by atoms with Crippen LogP contribution in [0.2, 0.25) is 0 Å². The van der Waals surface area contributed by atoms with Gasteiger partial charge >= 0.3 is 11.9 Å². The van der Waals surface area contributed by atoms with Crippen molar-refractivity contribution in [2.75, 3.05) is 33.4 Å². The van der Waals surface area contributed by atoms with E-state index in [4.69, 9.17) is 9.47 Å². The van der Waals surface area contributed by atoms with Gasteiger partial charge in [-0.2, -0.15) is 0 Å². The molecule has 0 saturated carbocycles. The lowest BCUT2D eigenvalue weighted by atomic mass is 9.75. The summed E-state index contributed by atoms with van der Waals surface area (Å²) in [7, 11) is 1.26. The molecule has 2 atom stereocenters. The molecule has 0 fully saturated rings. The van der Waals surface area contributed by atoms with Gasteiger partial charge in [0, 0.05) is 49.1 Å². The van der Waals surface area contributed by atoms with Crippen LogP contribution in [0.4, 0.5) is 5.69 Å². The summed E-state index contributed by atoms with van der Waals surface area (Å²) >= 11 is 0. The van der Waals surface area contributed by atoms with Gasteiger partial charge in [0.1, 0.15) is 12.5 Å². The molecule has 2 unspecified atom stereocenters. The highest BCUT2D eigenvalue weighted by molar-refractivity contribution is 6.07. The summed E-state index contributed by atoms with van der Waals surface area (Å²) in [5.41, 5.74) is 3.94. The van der Waals surface area contributed by atoms with Crippen LogP contribution in [0.25, 0.3) is 5.57 Å². The van der Waals surface area contributed by atoms with Gasteiger partial charge in [0.25, 0.3) is 5.69 Å². The molecule has 4 rings (SSSR count). The Hall–Kier alpha value is -4.11. The lowest BCUT2D eigenvalue weighted by molar-refractivity contribution is -0.384. The second-order valence-corrected chi connectivity index (χ2v) is 9.36. The van der Waals surface area contributed by atoms with Crippen LogP contribution in [0.5, 0.6) is 0 Å². The molecule has 0 N–H and O–H groups in total. The van der Waals surface area contributed by atoms with E-state index in [0.29, 0.717) is 23.5 Å². The SMILES string of the molecule is COC(=O)C1C(C)=NC(C)=C(C(=O)OCCN2CC=C(c3ccccc3)CC2)C1c1cccc([N+](=O)[O-])c1. The number of esters is 2. The highest BCUT2D eigenvalue weighted by Crippen LogP contribution is 2.41. The van der Waals surface area contributed by atoms with Crippen LogP contribution >= 0.6 is 0 Å². The molecule has 2 aliphatic rings. The number of methoxy groups -OCH3 is 1. The molecule has 2 aromatic rings. The van der Waals surface area contributed by atoms with Crippen LogP contribution in [0, 0.1) is 16.0 Å². The van der Waals surface area contributed by atoms with Crippen molar-refractivity contribution in [3.05, 3.63) is 93.2 Å². The molecule has 0 spiro atoms. The fourth-order valence-corrected chi connectivity index (χ4v) is 5.10. The number of carbonyl (C=O) groups is 2.